The average molecular weight is 380 g/mol. The number of aromatic amines is 1. The molecule has 1 aliphatic carbocycles. The Kier molecular flexibility index (Phi) is 4.64. The molecule has 144 valence electrons. The predicted molar refractivity (Wildman–Crippen MR) is 101 cm³/mol. The van der Waals surface area contributed by atoms with Gasteiger partial charge in [0.2, 0.25) is 0 Å². The molecule has 0 saturated heterocycles. The number of H-pyrrole nitrogens is 1. The average Bonchev–Trinajstić information content (AvgIpc) is 3.09. The number of fused-ring (bicyclic) bond motifs is 1. The van der Waals surface area contributed by atoms with E-state index in [4.69, 9.17) is 4.74 Å². The Morgan fingerprint density at radius 2 is 2.18 bits per heavy atom. The van der Waals surface area contributed by atoms with Gasteiger partial charge in [-0.15, -0.1) is 5.10 Å². The van der Waals surface area contributed by atoms with Gasteiger partial charge < -0.3 is 10.1 Å². The number of hydrogen-bond acceptors (Lipinski definition) is 6. The highest BCUT2D eigenvalue weighted by Gasteiger charge is 2.25. The Labute approximate surface area is 160 Å². The van der Waals surface area contributed by atoms with E-state index < -0.39 is 0 Å². The number of benzene rings is 1. The zero-order valence-corrected chi connectivity index (χ0v) is 15.6. The third-order valence-corrected chi connectivity index (χ3v) is 4.93. The van der Waals surface area contributed by atoms with Gasteiger partial charge in [-0.25, -0.2) is 9.78 Å². The number of nitrogens with one attached hydrogen (secondary N) is 2. The first-order valence-corrected chi connectivity index (χ1v) is 9.01. The van der Waals surface area contributed by atoms with Gasteiger partial charge in [0.25, 0.3) is 11.5 Å². The van der Waals surface area contributed by atoms with Crippen LogP contribution in [0.1, 0.15) is 33.9 Å². The molecule has 1 amide bonds. The maximum Gasteiger partial charge on any atom is 0.273 e. The Morgan fingerprint density at radius 1 is 1.36 bits per heavy atom. The van der Waals surface area contributed by atoms with Crippen LogP contribution in [0.15, 0.2) is 35.1 Å². The first-order chi connectivity index (χ1) is 13.6. The van der Waals surface area contributed by atoms with Crippen LogP contribution in [0.5, 0.6) is 5.75 Å². The second-order valence-corrected chi connectivity index (χ2v) is 6.72. The molecular formula is C19H20N6O3. The van der Waals surface area contributed by atoms with Crippen LogP contribution in [0, 0.1) is 6.92 Å². The minimum atomic E-state index is -0.287. The van der Waals surface area contributed by atoms with Crippen molar-refractivity contribution in [1.29, 1.82) is 0 Å². The van der Waals surface area contributed by atoms with E-state index in [2.05, 4.69) is 25.8 Å². The lowest BCUT2D eigenvalue weighted by molar-refractivity contribution is 0.0927. The Hall–Kier alpha value is -3.49. The molecule has 2 N–H and O–H groups in total. The van der Waals surface area contributed by atoms with Gasteiger partial charge in [0.15, 0.2) is 5.69 Å². The molecule has 28 heavy (non-hydrogen) atoms. The summed E-state index contributed by atoms with van der Waals surface area (Å²) in [6, 6.07) is 8.87. The van der Waals surface area contributed by atoms with Gasteiger partial charge in [0.1, 0.15) is 11.4 Å². The zero-order chi connectivity index (χ0) is 19.7. The molecule has 0 fully saturated rings. The molecule has 1 atom stereocenters. The minimum absolute atomic E-state index is 0.0839. The number of aryl methyl sites for hydroxylation is 1. The quantitative estimate of drug-likeness (QED) is 0.697. The van der Waals surface area contributed by atoms with E-state index in [1.807, 2.05) is 24.3 Å². The van der Waals surface area contributed by atoms with Crippen LogP contribution in [0.3, 0.4) is 0 Å². The fourth-order valence-electron chi connectivity index (χ4n) is 3.49. The molecule has 0 aliphatic heterocycles. The smallest absolute Gasteiger partial charge is 0.273 e. The molecule has 2 aromatic heterocycles. The molecular weight excluding hydrogens is 360 g/mol. The van der Waals surface area contributed by atoms with Gasteiger partial charge in [-0.2, -0.15) is 5.10 Å². The van der Waals surface area contributed by atoms with Crippen LogP contribution < -0.4 is 15.6 Å². The molecule has 0 radical (unpaired) electrons. The van der Waals surface area contributed by atoms with Crippen LogP contribution in [0.2, 0.25) is 0 Å². The number of amides is 1. The topological polar surface area (TPSA) is 115 Å². The third-order valence-electron chi connectivity index (χ3n) is 4.93. The number of nitrogens with zero attached hydrogens (tertiary/aromatic N) is 4. The van der Waals surface area contributed by atoms with Gasteiger partial charge in [-0.05, 0) is 43.9 Å². The van der Waals surface area contributed by atoms with Crippen molar-refractivity contribution in [3.8, 4) is 11.4 Å². The largest absolute Gasteiger partial charge is 0.494 e. The van der Waals surface area contributed by atoms with Crippen LogP contribution in [0.25, 0.3) is 5.69 Å². The number of ether oxygens (including phenoxy) is 1. The summed E-state index contributed by atoms with van der Waals surface area (Å²) in [5.74, 6) is 0.356. The summed E-state index contributed by atoms with van der Waals surface area (Å²) in [6.45, 7) is 1.79. The van der Waals surface area contributed by atoms with E-state index in [9.17, 15) is 9.59 Å². The molecule has 2 heterocycles. The fourth-order valence-corrected chi connectivity index (χ4v) is 3.49. The highest BCUT2D eigenvalue weighted by molar-refractivity contribution is 5.93. The van der Waals surface area contributed by atoms with Crippen LogP contribution in [0.4, 0.5) is 0 Å². The summed E-state index contributed by atoms with van der Waals surface area (Å²) in [6.07, 6.45) is 2.01. The number of rotatable bonds is 4. The molecule has 9 nitrogen and oxygen atoms in total. The van der Waals surface area contributed by atoms with Gasteiger partial charge >= 0.3 is 0 Å². The van der Waals surface area contributed by atoms with Gasteiger partial charge in [-0.3, -0.25) is 9.59 Å². The fraction of sp³-hybridized carbons (Fsp3) is 0.316. The zero-order valence-electron chi connectivity index (χ0n) is 15.6. The van der Waals surface area contributed by atoms with Crippen molar-refractivity contribution in [2.75, 3.05) is 7.11 Å². The molecule has 3 aromatic rings. The van der Waals surface area contributed by atoms with Crippen molar-refractivity contribution in [2.45, 2.75) is 32.2 Å². The van der Waals surface area contributed by atoms with E-state index in [-0.39, 0.29) is 23.2 Å². The molecule has 0 spiro atoms. The molecule has 4 rings (SSSR count). The van der Waals surface area contributed by atoms with Crippen LogP contribution in [-0.2, 0) is 12.8 Å². The minimum Gasteiger partial charge on any atom is -0.494 e. The highest BCUT2D eigenvalue weighted by atomic mass is 16.5. The molecule has 1 aromatic carbocycles. The van der Waals surface area contributed by atoms with Gasteiger partial charge in [0, 0.05) is 12.1 Å². The first kappa shape index (κ1) is 17.9. The maximum absolute atomic E-state index is 12.8. The number of para-hydroxylation sites is 2. The SMILES string of the molecule is COc1ccccc1-n1nnc(C(=O)NC2CCc3n[nH]c(=O)cc3C2)c1C. The van der Waals surface area contributed by atoms with Crippen molar-refractivity contribution in [2.24, 2.45) is 0 Å². The molecule has 1 aliphatic rings. The molecule has 0 bridgehead atoms. The Morgan fingerprint density at radius 3 is 3.00 bits per heavy atom. The number of carbonyl (C=O) groups is 1. The predicted octanol–water partition coefficient (Wildman–Crippen LogP) is 0.955. The summed E-state index contributed by atoms with van der Waals surface area (Å²) in [4.78, 5) is 24.3. The van der Waals surface area contributed by atoms with E-state index in [1.54, 1.807) is 24.8 Å². The van der Waals surface area contributed by atoms with Crippen molar-refractivity contribution in [3.05, 3.63) is 63.3 Å². The summed E-state index contributed by atoms with van der Waals surface area (Å²) in [7, 11) is 1.58. The number of hydrogen-bond donors (Lipinski definition) is 2. The molecule has 0 saturated carbocycles. The first-order valence-electron chi connectivity index (χ1n) is 9.01. The third kappa shape index (κ3) is 3.26. The van der Waals surface area contributed by atoms with Crippen molar-refractivity contribution < 1.29 is 9.53 Å². The summed E-state index contributed by atoms with van der Waals surface area (Å²) in [5.41, 5.74) is 3.11. The van der Waals surface area contributed by atoms with E-state index >= 15 is 0 Å². The summed E-state index contributed by atoms with van der Waals surface area (Å²) >= 11 is 0. The maximum atomic E-state index is 12.8. The van der Waals surface area contributed by atoms with E-state index in [0.717, 1.165) is 17.7 Å². The van der Waals surface area contributed by atoms with Gasteiger partial charge in [-0.1, -0.05) is 17.3 Å². The van der Waals surface area contributed by atoms with E-state index in [0.29, 0.717) is 30.0 Å². The molecule has 9 heteroatoms. The summed E-state index contributed by atoms with van der Waals surface area (Å²) in [5, 5.41) is 17.7. The lowest BCUT2D eigenvalue weighted by Gasteiger charge is -2.24. The second kappa shape index (κ2) is 7.26. The van der Waals surface area contributed by atoms with Gasteiger partial charge in [0.05, 0.1) is 18.5 Å². The van der Waals surface area contributed by atoms with Crippen LogP contribution >= 0.6 is 0 Å². The highest BCUT2D eigenvalue weighted by Crippen LogP contribution is 2.23. The number of aromatic nitrogens is 5. The number of methoxy groups -OCH3 is 1. The standard InChI is InChI=1S/C19H20N6O3/c1-11-18(23-24-25(11)15-5-3-4-6-16(15)28-2)19(27)20-13-7-8-14-12(9-13)10-17(26)22-21-14/h3-6,10,13H,7-9H2,1-2H3,(H,20,27)(H,22,26). The van der Waals surface area contributed by atoms with E-state index in [1.165, 1.54) is 0 Å². The Bertz CT molecular complexity index is 1090. The second-order valence-electron chi connectivity index (χ2n) is 6.72. The monoisotopic (exact) mass is 380 g/mol. The number of carbonyl (C=O) groups excluding carboxylic acids is 1. The Balaban J connectivity index is 1.54. The lowest BCUT2D eigenvalue weighted by atomic mass is 9.92. The van der Waals surface area contributed by atoms with Crippen LogP contribution in [-0.4, -0.2) is 44.3 Å². The van der Waals surface area contributed by atoms with Crippen molar-refractivity contribution in [1.82, 2.24) is 30.5 Å². The van der Waals surface area contributed by atoms with Crippen molar-refractivity contribution in [3.63, 3.8) is 0 Å². The lowest BCUT2D eigenvalue weighted by Crippen LogP contribution is -2.40. The van der Waals surface area contributed by atoms with Crippen molar-refractivity contribution >= 4 is 5.91 Å². The summed E-state index contributed by atoms with van der Waals surface area (Å²) < 4.78 is 6.96. The normalized spacial score (nSPS) is 15.7. The molecule has 1 unspecified atom stereocenters.